The SMILES string of the molecule is Cc1cc(N)c(F)cc1C#CCCS. The normalized spacial score (nSPS) is 9.36. The van der Waals surface area contributed by atoms with Crippen LogP contribution in [0.15, 0.2) is 12.1 Å². The highest BCUT2D eigenvalue weighted by molar-refractivity contribution is 7.80. The molecule has 0 aromatic heterocycles. The van der Waals surface area contributed by atoms with E-state index in [0.29, 0.717) is 17.7 Å². The van der Waals surface area contributed by atoms with Gasteiger partial charge in [0, 0.05) is 17.7 Å². The summed E-state index contributed by atoms with van der Waals surface area (Å²) >= 11 is 4.03. The number of nitrogens with two attached hydrogens (primary N) is 1. The van der Waals surface area contributed by atoms with Crippen LogP contribution < -0.4 is 5.73 Å². The van der Waals surface area contributed by atoms with Crippen LogP contribution in [0.1, 0.15) is 17.5 Å². The lowest BCUT2D eigenvalue weighted by molar-refractivity contribution is 0.631. The smallest absolute Gasteiger partial charge is 0.147 e. The summed E-state index contributed by atoms with van der Waals surface area (Å²) in [6.07, 6.45) is 0.703. The first-order valence-corrected chi connectivity index (χ1v) is 4.93. The average Bonchev–Trinajstić information content (AvgIpc) is 2.14. The van der Waals surface area contributed by atoms with Crippen LogP contribution >= 0.6 is 12.6 Å². The van der Waals surface area contributed by atoms with Gasteiger partial charge in [-0.3, -0.25) is 0 Å². The van der Waals surface area contributed by atoms with Crippen molar-refractivity contribution in [2.75, 3.05) is 11.5 Å². The van der Waals surface area contributed by atoms with Crippen molar-refractivity contribution in [3.63, 3.8) is 0 Å². The number of hydrogen-bond donors (Lipinski definition) is 2. The van der Waals surface area contributed by atoms with Gasteiger partial charge in [-0.05, 0) is 24.6 Å². The second kappa shape index (κ2) is 4.92. The summed E-state index contributed by atoms with van der Waals surface area (Å²) in [4.78, 5) is 0. The monoisotopic (exact) mass is 209 g/mol. The van der Waals surface area contributed by atoms with Gasteiger partial charge in [-0.15, -0.1) is 0 Å². The first-order valence-electron chi connectivity index (χ1n) is 4.30. The van der Waals surface area contributed by atoms with E-state index in [4.69, 9.17) is 5.73 Å². The molecule has 0 saturated heterocycles. The lowest BCUT2D eigenvalue weighted by Crippen LogP contribution is -1.93. The molecule has 1 aromatic carbocycles. The predicted molar refractivity (Wildman–Crippen MR) is 60.9 cm³/mol. The molecule has 0 atom stereocenters. The van der Waals surface area contributed by atoms with Crippen molar-refractivity contribution in [1.82, 2.24) is 0 Å². The summed E-state index contributed by atoms with van der Waals surface area (Å²) in [5.74, 6) is 6.09. The Bertz CT molecular complexity index is 390. The summed E-state index contributed by atoms with van der Waals surface area (Å²) in [5, 5.41) is 0. The quantitative estimate of drug-likeness (QED) is 0.414. The Morgan fingerprint density at radius 2 is 2.21 bits per heavy atom. The number of aryl methyl sites for hydroxylation is 1. The zero-order chi connectivity index (χ0) is 10.6. The molecule has 0 aliphatic carbocycles. The summed E-state index contributed by atoms with van der Waals surface area (Å²) in [5.41, 5.74) is 7.17. The molecule has 0 spiro atoms. The lowest BCUT2D eigenvalue weighted by Gasteiger charge is -2.01. The number of rotatable bonds is 1. The fourth-order valence-corrected chi connectivity index (χ4v) is 1.16. The van der Waals surface area contributed by atoms with Crippen molar-refractivity contribution < 1.29 is 4.39 Å². The van der Waals surface area contributed by atoms with Gasteiger partial charge in [0.15, 0.2) is 0 Å². The molecule has 0 aliphatic heterocycles. The van der Waals surface area contributed by atoms with Crippen molar-refractivity contribution in [3.8, 4) is 11.8 Å². The molecule has 0 aliphatic rings. The van der Waals surface area contributed by atoms with Gasteiger partial charge in [0.2, 0.25) is 0 Å². The second-order valence-corrected chi connectivity index (χ2v) is 3.41. The van der Waals surface area contributed by atoms with Crippen molar-refractivity contribution >= 4 is 18.3 Å². The fourth-order valence-electron chi connectivity index (χ4n) is 1.05. The average molecular weight is 209 g/mol. The van der Waals surface area contributed by atoms with Crippen LogP contribution in [0.4, 0.5) is 10.1 Å². The van der Waals surface area contributed by atoms with E-state index < -0.39 is 5.82 Å². The fraction of sp³-hybridized carbons (Fsp3) is 0.273. The van der Waals surface area contributed by atoms with Gasteiger partial charge in [-0.2, -0.15) is 12.6 Å². The van der Waals surface area contributed by atoms with E-state index in [0.717, 1.165) is 5.56 Å². The summed E-state index contributed by atoms with van der Waals surface area (Å²) in [6.45, 7) is 1.86. The first-order chi connectivity index (χ1) is 6.65. The molecule has 14 heavy (non-hydrogen) atoms. The van der Waals surface area contributed by atoms with E-state index in [1.165, 1.54) is 6.07 Å². The van der Waals surface area contributed by atoms with Gasteiger partial charge in [-0.25, -0.2) is 4.39 Å². The van der Waals surface area contributed by atoms with Crippen LogP contribution in [-0.2, 0) is 0 Å². The maximum absolute atomic E-state index is 13.1. The maximum Gasteiger partial charge on any atom is 0.147 e. The van der Waals surface area contributed by atoms with Crippen molar-refractivity contribution in [2.24, 2.45) is 0 Å². The Hall–Kier alpha value is -1.14. The summed E-state index contributed by atoms with van der Waals surface area (Å²) in [6, 6.07) is 2.97. The van der Waals surface area contributed by atoms with Crippen LogP contribution in [0.25, 0.3) is 0 Å². The zero-order valence-electron chi connectivity index (χ0n) is 7.97. The molecular formula is C11H12FNS. The molecule has 3 heteroatoms. The van der Waals surface area contributed by atoms with Gasteiger partial charge in [0.25, 0.3) is 0 Å². The van der Waals surface area contributed by atoms with Crippen LogP contribution in [0.5, 0.6) is 0 Å². The molecule has 0 unspecified atom stereocenters. The first kappa shape index (κ1) is 10.9. The third-order valence-electron chi connectivity index (χ3n) is 1.80. The molecule has 2 N–H and O–H groups in total. The molecule has 0 bridgehead atoms. The highest BCUT2D eigenvalue weighted by atomic mass is 32.1. The van der Waals surface area contributed by atoms with E-state index in [-0.39, 0.29) is 5.69 Å². The number of hydrogen-bond acceptors (Lipinski definition) is 2. The van der Waals surface area contributed by atoms with Gasteiger partial charge >= 0.3 is 0 Å². The molecular weight excluding hydrogens is 197 g/mol. The molecule has 0 amide bonds. The maximum atomic E-state index is 13.1. The Kier molecular flexibility index (Phi) is 3.84. The molecule has 0 saturated carbocycles. The van der Waals surface area contributed by atoms with Crippen molar-refractivity contribution in [2.45, 2.75) is 13.3 Å². The Balaban J connectivity index is 3.00. The highest BCUT2D eigenvalue weighted by Gasteiger charge is 2.01. The van der Waals surface area contributed by atoms with Gasteiger partial charge in [0.1, 0.15) is 5.82 Å². The largest absolute Gasteiger partial charge is 0.396 e. The number of thiol groups is 1. The molecule has 1 nitrogen and oxygen atoms in total. The molecule has 0 heterocycles. The molecule has 0 fully saturated rings. The number of anilines is 1. The predicted octanol–water partition coefficient (Wildman–Crippen LogP) is 2.39. The third kappa shape index (κ3) is 2.68. The van der Waals surface area contributed by atoms with E-state index in [1.54, 1.807) is 6.07 Å². The van der Waals surface area contributed by atoms with Crippen LogP contribution in [0.3, 0.4) is 0 Å². The number of halogens is 1. The minimum absolute atomic E-state index is 0.169. The summed E-state index contributed by atoms with van der Waals surface area (Å²) in [7, 11) is 0. The van der Waals surface area contributed by atoms with Crippen molar-refractivity contribution in [1.29, 1.82) is 0 Å². The van der Waals surface area contributed by atoms with Crippen molar-refractivity contribution in [3.05, 3.63) is 29.1 Å². The molecule has 0 radical (unpaired) electrons. The van der Waals surface area contributed by atoms with Gasteiger partial charge in [0.05, 0.1) is 5.69 Å². The highest BCUT2D eigenvalue weighted by Crippen LogP contribution is 2.16. The molecule has 1 rings (SSSR count). The molecule has 1 aromatic rings. The van der Waals surface area contributed by atoms with Gasteiger partial charge < -0.3 is 5.73 Å². The Labute approximate surface area is 88.9 Å². The standard InChI is InChI=1S/C11H12FNS/c1-8-6-11(13)10(12)7-9(8)4-2-3-5-14/h6-7,14H,3,5,13H2,1H3. The Morgan fingerprint density at radius 3 is 2.86 bits per heavy atom. The lowest BCUT2D eigenvalue weighted by atomic mass is 10.1. The van der Waals surface area contributed by atoms with E-state index in [9.17, 15) is 4.39 Å². The van der Waals surface area contributed by atoms with E-state index in [1.807, 2.05) is 6.92 Å². The topological polar surface area (TPSA) is 26.0 Å². The third-order valence-corrected chi connectivity index (χ3v) is 2.03. The second-order valence-electron chi connectivity index (χ2n) is 2.96. The number of benzene rings is 1. The minimum Gasteiger partial charge on any atom is -0.396 e. The summed E-state index contributed by atoms with van der Waals surface area (Å²) < 4.78 is 13.1. The van der Waals surface area contributed by atoms with Crippen LogP contribution in [0, 0.1) is 24.6 Å². The zero-order valence-corrected chi connectivity index (χ0v) is 8.87. The van der Waals surface area contributed by atoms with E-state index >= 15 is 0 Å². The molecule has 74 valence electrons. The van der Waals surface area contributed by atoms with Gasteiger partial charge in [-0.1, -0.05) is 11.8 Å². The number of nitrogen functional groups attached to an aromatic ring is 1. The minimum atomic E-state index is -0.411. The van der Waals surface area contributed by atoms with Crippen LogP contribution in [-0.4, -0.2) is 5.75 Å². The van der Waals surface area contributed by atoms with Crippen LogP contribution in [0.2, 0.25) is 0 Å². The van der Waals surface area contributed by atoms with E-state index in [2.05, 4.69) is 24.5 Å². The Morgan fingerprint density at radius 1 is 1.50 bits per heavy atom.